The van der Waals surface area contributed by atoms with E-state index in [1.165, 1.54) is 6.92 Å². The molecule has 0 radical (unpaired) electrons. The van der Waals surface area contributed by atoms with Gasteiger partial charge in [-0.1, -0.05) is 6.92 Å². The Labute approximate surface area is 104 Å². The molecule has 7 heteroatoms. The molecule has 18 heavy (non-hydrogen) atoms. The molecule has 1 aromatic carbocycles. The first-order valence-corrected chi connectivity index (χ1v) is 6.65. The van der Waals surface area contributed by atoms with E-state index < -0.39 is 27.0 Å². The van der Waals surface area contributed by atoms with Gasteiger partial charge in [0.15, 0.2) is 15.1 Å². The highest BCUT2D eigenvalue weighted by Crippen LogP contribution is 2.19. The SMILES string of the molecule is CC[C@H](C(=O)O)S(=O)(=O)c1ccc(C(=O)O)cc1. The molecule has 0 saturated carbocycles. The quantitative estimate of drug-likeness (QED) is 0.828. The van der Waals surface area contributed by atoms with Gasteiger partial charge in [-0.05, 0) is 30.7 Å². The summed E-state index contributed by atoms with van der Waals surface area (Å²) in [4.78, 5) is 21.3. The maximum Gasteiger partial charge on any atom is 0.335 e. The largest absolute Gasteiger partial charge is 0.480 e. The Morgan fingerprint density at radius 1 is 1.17 bits per heavy atom. The molecule has 1 aromatic rings. The molecule has 0 heterocycles. The summed E-state index contributed by atoms with van der Waals surface area (Å²) in [6.45, 7) is 1.46. The van der Waals surface area contributed by atoms with Gasteiger partial charge in [-0.2, -0.15) is 0 Å². The molecule has 0 fully saturated rings. The molecule has 0 spiro atoms. The summed E-state index contributed by atoms with van der Waals surface area (Å²) >= 11 is 0. The minimum absolute atomic E-state index is 0.0572. The number of benzene rings is 1. The van der Waals surface area contributed by atoms with Crippen LogP contribution in [0.5, 0.6) is 0 Å². The van der Waals surface area contributed by atoms with Crippen LogP contribution in [0.25, 0.3) is 0 Å². The fourth-order valence-electron chi connectivity index (χ4n) is 1.48. The van der Waals surface area contributed by atoms with E-state index in [1.807, 2.05) is 0 Å². The standard InChI is InChI=1S/C11H12O6S/c1-2-9(11(14)15)18(16,17)8-5-3-7(4-6-8)10(12)13/h3-6,9H,2H2,1H3,(H,12,13)(H,14,15)/t9-/m1/s1. The monoisotopic (exact) mass is 272 g/mol. The van der Waals surface area contributed by atoms with Crippen LogP contribution in [-0.2, 0) is 14.6 Å². The van der Waals surface area contributed by atoms with E-state index in [0.29, 0.717) is 0 Å². The van der Waals surface area contributed by atoms with Crippen molar-refractivity contribution in [3.63, 3.8) is 0 Å². The Bertz CT molecular complexity index is 558. The van der Waals surface area contributed by atoms with Gasteiger partial charge < -0.3 is 10.2 Å². The molecule has 0 bridgehead atoms. The first kappa shape index (κ1) is 14.2. The lowest BCUT2D eigenvalue weighted by Gasteiger charge is -2.11. The zero-order valence-electron chi connectivity index (χ0n) is 9.53. The number of hydrogen-bond acceptors (Lipinski definition) is 4. The first-order valence-electron chi connectivity index (χ1n) is 5.10. The highest BCUT2D eigenvalue weighted by atomic mass is 32.2. The normalized spacial score (nSPS) is 12.9. The average Bonchev–Trinajstić information content (AvgIpc) is 2.29. The molecule has 0 aliphatic rings. The predicted molar refractivity (Wildman–Crippen MR) is 62.3 cm³/mol. The molecule has 0 aliphatic heterocycles. The fourth-order valence-corrected chi connectivity index (χ4v) is 3.03. The lowest BCUT2D eigenvalue weighted by Crippen LogP contribution is -2.29. The van der Waals surface area contributed by atoms with Crippen LogP contribution >= 0.6 is 0 Å². The number of rotatable bonds is 5. The number of sulfone groups is 1. The highest BCUT2D eigenvalue weighted by molar-refractivity contribution is 7.92. The molecule has 1 rings (SSSR count). The summed E-state index contributed by atoms with van der Waals surface area (Å²) in [7, 11) is -3.99. The van der Waals surface area contributed by atoms with Gasteiger partial charge in [0, 0.05) is 0 Å². The van der Waals surface area contributed by atoms with E-state index in [4.69, 9.17) is 10.2 Å². The van der Waals surface area contributed by atoms with Crippen LogP contribution in [0.2, 0.25) is 0 Å². The van der Waals surface area contributed by atoms with E-state index >= 15 is 0 Å². The van der Waals surface area contributed by atoms with E-state index in [9.17, 15) is 18.0 Å². The van der Waals surface area contributed by atoms with Gasteiger partial charge in [0.1, 0.15) is 0 Å². The first-order chi connectivity index (χ1) is 8.30. The summed E-state index contributed by atoms with van der Waals surface area (Å²) in [5.74, 6) is -2.59. The predicted octanol–water partition coefficient (Wildman–Crippen LogP) is 1.02. The van der Waals surface area contributed by atoms with Gasteiger partial charge in [-0.3, -0.25) is 4.79 Å². The number of carboxylic acids is 2. The lowest BCUT2D eigenvalue weighted by atomic mass is 10.2. The molecule has 0 saturated heterocycles. The summed E-state index contributed by atoms with van der Waals surface area (Å²) in [6.07, 6.45) is -0.0572. The molecule has 0 aliphatic carbocycles. The minimum atomic E-state index is -3.99. The molecule has 0 aromatic heterocycles. The van der Waals surface area contributed by atoms with Crippen LogP contribution in [0, 0.1) is 0 Å². The number of carbonyl (C=O) groups is 2. The van der Waals surface area contributed by atoms with Crippen molar-refractivity contribution in [1.82, 2.24) is 0 Å². The third kappa shape index (κ3) is 2.67. The Balaban J connectivity index is 3.20. The van der Waals surface area contributed by atoms with Crippen LogP contribution in [0.3, 0.4) is 0 Å². The molecular weight excluding hydrogens is 260 g/mol. The number of hydrogen-bond donors (Lipinski definition) is 2. The van der Waals surface area contributed by atoms with Crippen molar-refractivity contribution in [2.24, 2.45) is 0 Å². The third-order valence-corrected chi connectivity index (χ3v) is 4.66. The molecule has 0 amide bonds. The van der Waals surface area contributed by atoms with Gasteiger partial charge >= 0.3 is 11.9 Å². The van der Waals surface area contributed by atoms with Crippen LogP contribution in [0.4, 0.5) is 0 Å². The van der Waals surface area contributed by atoms with Crippen molar-refractivity contribution < 1.29 is 28.2 Å². The molecule has 1 atom stereocenters. The Morgan fingerprint density at radius 2 is 1.67 bits per heavy atom. The molecule has 2 N–H and O–H groups in total. The van der Waals surface area contributed by atoms with Crippen molar-refractivity contribution in [3.8, 4) is 0 Å². The second-order valence-electron chi connectivity index (χ2n) is 3.61. The van der Waals surface area contributed by atoms with Crippen molar-refractivity contribution in [2.45, 2.75) is 23.5 Å². The summed E-state index contributed by atoms with van der Waals surface area (Å²) in [5, 5.41) is 16.0. The molecule has 0 unspecified atom stereocenters. The smallest absolute Gasteiger partial charge is 0.335 e. The van der Waals surface area contributed by atoms with Gasteiger partial charge in [-0.25, -0.2) is 13.2 Å². The third-order valence-electron chi connectivity index (χ3n) is 2.45. The Hall–Kier alpha value is -1.89. The number of aromatic carboxylic acids is 1. The van der Waals surface area contributed by atoms with Crippen LogP contribution in [0.1, 0.15) is 23.7 Å². The van der Waals surface area contributed by atoms with Gasteiger partial charge in [0.2, 0.25) is 0 Å². The zero-order chi connectivity index (χ0) is 13.9. The maximum absolute atomic E-state index is 12.0. The lowest BCUT2D eigenvalue weighted by molar-refractivity contribution is -0.136. The minimum Gasteiger partial charge on any atom is -0.480 e. The second kappa shape index (κ2) is 5.18. The van der Waals surface area contributed by atoms with Gasteiger partial charge in [0.25, 0.3) is 0 Å². The van der Waals surface area contributed by atoms with Gasteiger partial charge in [-0.15, -0.1) is 0 Å². The van der Waals surface area contributed by atoms with Crippen LogP contribution in [0.15, 0.2) is 29.2 Å². The topological polar surface area (TPSA) is 109 Å². The van der Waals surface area contributed by atoms with Crippen molar-refractivity contribution in [1.29, 1.82) is 0 Å². The van der Waals surface area contributed by atoms with Crippen LogP contribution in [-0.4, -0.2) is 35.8 Å². The van der Waals surface area contributed by atoms with Gasteiger partial charge in [0.05, 0.1) is 10.5 Å². The fraction of sp³-hybridized carbons (Fsp3) is 0.273. The number of carboxylic acid groups (broad SMARTS) is 2. The van der Waals surface area contributed by atoms with E-state index in [0.717, 1.165) is 24.3 Å². The van der Waals surface area contributed by atoms with E-state index in [2.05, 4.69) is 0 Å². The van der Waals surface area contributed by atoms with Crippen molar-refractivity contribution in [2.75, 3.05) is 0 Å². The van der Waals surface area contributed by atoms with Crippen molar-refractivity contribution in [3.05, 3.63) is 29.8 Å². The maximum atomic E-state index is 12.0. The number of aliphatic carboxylic acids is 1. The second-order valence-corrected chi connectivity index (χ2v) is 5.74. The summed E-state index contributed by atoms with van der Waals surface area (Å²) in [6, 6.07) is 4.46. The van der Waals surface area contributed by atoms with E-state index in [1.54, 1.807) is 0 Å². The molecule has 98 valence electrons. The van der Waals surface area contributed by atoms with Crippen molar-refractivity contribution >= 4 is 21.8 Å². The Morgan fingerprint density at radius 3 is 2.00 bits per heavy atom. The van der Waals surface area contributed by atoms with E-state index in [-0.39, 0.29) is 16.9 Å². The molecular formula is C11H12O6S. The zero-order valence-corrected chi connectivity index (χ0v) is 10.3. The summed E-state index contributed by atoms with van der Waals surface area (Å²) in [5.41, 5.74) is -0.0580. The highest BCUT2D eigenvalue weighted by Gasteiger charge is 2.32. The molecule has 6 nitrogen and oxygen atoms in total. The average molecular weight is 272 g/mol. The Kier molecular flexibility index (Phi) is 4.07. The van der Waals surface area contributed by atoms with Crippen LogP contribution < -0.4 is 0 Å². The summed E-state index contributed by atoms with van der Waals surface area (Å²) < 4.78 is 23.9.